The predicted octanol–water partition coefficient (Wildman–Crippen LogP) is 1.65. The van der Waals surface area contributed by atoms with Crippen molar-refractivity contribution in [2.75, 3.05) is 13.2 Å². The van der Waals surface area contributed by atoms with Crippen molar-refractivity contribution in [1.29, 1.82) is 0 Å². The molecule has 0 aliphatic carbocycles. The number of carbonyl (C=O) groups is 1. The summed E-state index contributed by atoms with van der Waals surface area (Å²) in [5.74, 6) is -0.348. The standard InChI is InChI=1S/C12H15F2NO3/c1-8(7-16)6-15-11(17)9-2-4-10(5-3-9)18-12(13)14/h2-5,8,12,16H,6-7H2,1H3,(H,15,17). The summed E-state index contributed by atoms with van der Waals surface area (Å²) >= 11 is 0. The third-order valence-corrected chi connectivity index (χ3v) is 2.26. The molecule has 0 saturated carbocycles. The van der Waals surface area contributed by atoms with Crippen molar-refractivity contribution < 1.29 is 23.4 Å². The second-order valence-electron chi connectivity index (χ2n) is 3.90. The van der Waals surface area contributed by atoms with Gasteiger partial charge in [0, 0.05) is 18.7 Å². The molecule has 1 atom stereocenters. The number of ether oxygens (including phenoxy) is 1. The molecule has 0 aliphatic rings. The van der Waals surface area contributed by atoms with E-state index in [1.807, 2.05) is 0 Å². The maximum absolute atomic E-state index is 11.9. The quantitative estimate of drug-likeness (QED) is 0.816. The highest BCUT2D eigenvalue weighted by atomic mass is 19.3. The fourth-order valence-corrected chi connectivity index (χ4v) is 1.22. The maximum Gasteiger partial charge on any atom is 0.387 e. The van der Waals surface area contributed by atoms with Gasteiger partial charge in [0.2, 0.25) is 0 Å². The molecule has 0 spiro atoms. The molecule has 100 valence electrons. The zero-order valence-corrected chi connectivity index (χ0v) is 9.90. The van der Waals surface area contributed by atoms with Gasteiger partial charge in [-0.15, -0.1) is 0 Å². The van der Waals surface area contributed by atoms with Crippen LogP contribution >= 0.6 is 0 Å². The number of alkyl halides is 2. The molecule has 0 heterocycles. The molecule has 18 heavy (non-hydrogen) atoms. The number of rotatable bonds is 6. The zero-order valence-electron chi connectivity index (χ0n) is 9.90. The van der Waals surface area contributed by atoms with E-state index in [4.69, 9.17) is 5.11 Å². The highest BCUT2D eigenvalue weighted by molar-refractivity contribution is 5.94. The largest absolute Gasteiger partial charge is 0.435 e. The Balaban J connectivity index is 2.53. The fraction of sp³-hybridized carbons (Fsp3) is 0.417. The Morgan fingerprint density at radius 3 is 2.50 bits per heavy atom. The van der Waals surface area contributed by atoms with Gasteiger partial charge in [-0.05, 0) is 30.2 Å². The van der Waals surface area contributed by atoms with Gasteiger partial charge in [-0.25, -0.2) is 0 Å². The lowest BCUT2D eigenvalue weighted by molar-refractivity contribution is -0.0498. The van der Waals surface area contributed by atoms with Gasteiger partial charge in [-0.1, -0.05) is 6.92 Å². The predicted molar refractivity (Wildman–Crippen MR) is 61.7 cm³/mol. The van der Waals surface area contributed by atoms with Crippen molar-refractivity contribution in [3.63, 3.8) is 0 Å². The third kappa shape index (κ3) is 4.67. The van der Waals surface area contributed by atoms with Crippen molar-refractivity contribution in [1.82, 2.24) is 5.32 Å². The summed E-state index contributed by atoms with van der Waals surface area (Å²) in [6.07, 6.45) is 0. The number of nitrogens with one attached hydrogen (secondary N) is 1. The van der Waals surface area contributed by atoms with Crippen molar-refractivity contribution in [2.24, 2.45) is 5.92 Å². The van der Waals surface area contributed by atoms with E-state index in [1.165, 1.54) is 24.3 Å². The highest BCUT2D eigenvalue weighted by Gasteiger charge is 2.09. The first-order valence-electron chi connectivity index (χ1n) is 5.47. The van der Waals surface area contributed by atoms with E-state index >= 15 is 0 Å². The fourth-order valence-electron chi connectivity index (χ4n) is 1.22. The van der Waals surface area contributed by atoms with Crippen LogP contribution in [0, 0.1) is 5.92 Å². The minimum Gasteiger partial charge on any atom is -0.435 e. The molecule has 0 saturated heterocycles. The van der Waals surface area contributed by atoms with Gasteiger partial charge >= 0.3 is 6.61 Å². The highest BCUT2D eigenvalue weighted by Crippen LogP contribution is 2.14. The molecule has 0 aliphatic heterocycles. The minimum absolute atomic E-state index is 0.00489. The summed E-state index contributed by atoms with van der Waals surface area (Å²) < 4.78 is 28.0. The Bertz CT molecular complexity index is 381. The van der Waals surface area contributed by atoms with Crippen molar-refractivity contribution in [3.05, 3.63) is 29.8 Å². The summed E-state index contributed by atoms with van der Waals surface area (Å²) in [4.78, 5) is 11.6. The van der Waals surface area contributed by atoms with Gasteiger partial charge < -0.3 is 15.2 Å². The Kier molecular flexibility index (Phi) is 5.51. The van der Waals surface area contributed by atoms with Crippen molar-refractivity contribution >= 4 is 5.91 Å². The molecular formula is C12H15F2NO3. The van der Waals surface area contributed by atoms with E-state index in [9.17, 15) is 13.6 Å². The molecule has 1 rings (SSSR count). The number of halogens is 2. The number of benzene rings is 1. The Labute approximate surface area is 104 Å². The summed E-state index contributed by atoms with van der Waals surface area (Å²) in [5, 5.41) is 11.4. The second-order valence-corrected chi connectivity index (χ2v) is 3.90. The van der Waals surface area contributed by atoms with Crippen LogP contribution in [0.5, 0.6) is 5.75 Å². The summed E-state index contributed by atoms with van der Waals surface area (Å²) in [5.41, 5.74) is 0.349. The summed E-state index contributed by atoms with van der Waals surface area (Å²) in [7, 11) is 0. The van der Waals surface area contributed by atoms with Gasteiger partial charge in [0.1, 0.15) is 5.75 Å². The zero-order chi connectivity index (χ0) is 13.5. The number of aliphatic hydroxyl groups is 1. The topological polar surface area (TPSA) is 58.6 Å². The van der Waals surface area contributed by atoms with E-state index in [0.717, 1.165) is 0 Å². The number of hydrogen-bond acceptors (Lipinski definition) is 3. The first-order valence-corrected chi connectivity index (χ1v) is 5.47. The molecule has 6 heteroatoms. The number of carbonyl (C=O) groups excluding carboxylic acids is 1. The average molecular weight is 259 g/mol. The smallest absolute Gasteiger partial charge is 0.387 e. The lowest BCUT2D eigenvalue weighted by Crippen LogP contribution is -2.29. The number of aliphatic hydroxyl groups excluding tert-OH is 1. The Morgan fingerprint density at radius 2 is 2.00 bits per heavy atom. The van der Waals surface area contributed by atoms with E-state index in [2.05, 4.69) is 10.1 Å². The average Bonchev–Trinajstić information content (AvgIpc) is 2.35. The maximum atomic E-state index is 11.9. The molecule has 4 nitrogen and oxygen atoms in total. The van der Waals surface area contributed by atoms with Crippen molar-refractivity contribution in [2.45, 2.75) is 13.5 Å². The van der Waals surface area contributed by atoms with E-state index in [1.54, 1.807) is 6.92 Å². The molecule has 0 fully saturated rings. The van der Waals surface area contributed by atoms with Gasteiger partial charge in [0.05, 0.1) is 0 Å². The van der Waals surface area contributed by atoms with E-state index in [0.29, 0.717) is 12.1 Å². The molecule has 1 aromatic rings. The van der Waals surface area contributed by atoms with Crippen LogP contribution in [-0.2, 0) is 0 Å². The summed E-state index contributed by atoms with van der Waals surface area (Å²) in [6.45, 7) is -0.749. The third-order valence-electron chi connectivity index (χ3n) is 2.26. The van der Waals surface area contributed by atoms with Crippen LogP contribution in [0.25, 0.3) is 0 Å². The number of hydrogen-bond donors (Lipinski definition) is 2. The van der Waals surface area contributed by atoms with Crippen LogP contribution in [0.1, 0.15) is 17.3 Å². The minimum atomic E-state index is -2.88. The van der Waals surface area contributed by atoms with Crippen LogP contribution in [0.15, 0.2) is 24.3 Å². The second kappa shape index (κ2) is 6.90. The molecule has 1 amide bonds. The SMILES string of the molecule is CC(CO)CNC(=O)c1ccc(OC(F)F)cc1. The Morgan fingerprint density at radius 1 is 1.39 bits per heavy atom. The van der Waals surface area contributed by atoms with Gasteiger partial charge in [0.25, 0.3) is 5.91 Å². The molecule has 1 unspecified atom stereocenters. The molecule has 0 radical (unpaired) electrons. The lowest BCUT2D eigenvalue weighted by atomic mass is 10.1. The normalized spacial score (nSPS) is 12.3. The van der Waals surface area contributed by atoms with Crippen LogP contribution in [0.4, 0.5) is 8.78 Å². The van der Waals surface area contributed by atoms with Gasteiger partial charge in [0.15, 0.2) is 0 Å². The molecule has 0 bridgehead atoms. The van der Waals surface area contributed by atoms with E-state index < -0.39 is 6.61 Å². The molecule has 0 aromatic heterocycles. The lowest BCUT2D eigenvalue weighted by Gasteiger charge is -2.10. The molecule has 1 aromatic carbocycles. The van der Waals surface area contributed by atoms with Crippen LogP contribution < -0.4 is 10.1 Å². The Hall–Kier alpha value is -1.69. The van der Waals surface area contributed by atoms with Crippen LogP contribution in [0.2, 0.25) is 0 Å². The van der Waals surface area contributed by atoms with Gasteiger partial charge in [-0.3, -0.25) is 4.79 Å². The number of amides is 1. The van der Waals surface area contributed by atoms with E-state index in [-0.39, 0.29) is 24.2 Å². The van der Waals surface area contributed by atoms with Crippen molar-refractivity contribution in [3.8, 4) is 5.75 Å². The van der Waals surface area contributed by atoms with Gasteiger partial charge in [-0.2, -0.15) is 8.78 Å². The monoisotopic (exact) mass is 259 g/mol. The molecule has 2 N–H and O–H groups in total. The molecular weight excluding hydrogens is 244 g/mol. The van der Waals surface area contributed by atoms with Crippen LogP contribution in [-0.4, -0.2) is 30.8 Å². The van der Waals surface area contributed by atoms with Crippen LogP contribution in [0.3, 0.4) is 0 Å². The summed E-state index contributed by atoms with van der Waals surface area (Å²) in [6, 6.07) is 5.40. The first kappa shape index (κ1) is 14.4. The first-order chi connectivity index (χ1) is 8.52.